The molecule has 0 saturated carbocycles. The molecule has 4 nitrogen and oxygen atoms in total. The van der Waals surface area contributed by atoms with Crippen molar-refractivity contribution in [2.45, 2.75) is 19.9 Å². The molecule has 1 unspecified atom stereocenters. The van der Waals surface area contributed by atoms with Gasteiger partial charge in [0.05, 0.1) is 0 Å². The largest absolute Gasteiger partial charge is 0.506 e. The fourth-order valence-corrected chi connectivity index (χ4v) is 3.54. The number of hydrogen-bond donors (Lipinski definition) is 0. The second-order valence-corrected chi connectivity index (χ2v) is 6.80. The first-order valence-electron chi connectivity index (χ1n) is 9.29. The fourth-order valence-electron chi connectivity index (χ4n) is 3.54. The van der Waals surface area contributed by atoms with Crippen LogP contribution >= 0.6 is 0 Å². The van der Waals surface area contributed by atoms with Gasteiger partial charge in [-0.05, 0) is 36.3 Å². The Morgan fingerprint density at radius 1 is 1.04 bits per heavy atom. The topological polar surface area (TPSA) is 40.4 Å². The first-order chi connectivity index (χ1) is 13.6. The molecule has 3 amide bonds. The summed E-state index contributed by atoms with van der Waals surface area (Å²) < 4.78 is 15.7. The Labute approximate surface area is 162 Å². The van der Waals surface area contributed by atoms with Crippen molar-refractivity contribution in [1.29, 1.82) is 0 Å². The third kappa shape index (κ3) is 3.09. The van der Waals surface area contributed by atoms with E-state index in [1.165, 1.54) is 15.5 Å². The third-order valence-corrected chi connectivity index (χ3v) is 5.11. The predicted molar refractivity (Wildman–Crippen MR) is 106 cm³/mol. The van der Waals surface area contributed by atoms with E-state index in [-0.39, 0.29) is 18.3 Å². The van der Waals surface area contributed by atoms with Gasteiger partial charge in [0.2, 0.25) is 0 Å². The van der Waals surface area contributed by atoms with Crippen LogP contribution < -0.4 is 4.90 Å². The normalized spacial score (nSPS) is 18.6. The van der Waals surface area contributed by atoms with Crippen molar-refractivity contribution in [2.24, 2.45) is 5.92 Å². The van der Waals surface area contributed by atoms with E-state index in [9.17, 15) is 14.0 Å². The Morgan fingerprint density at radius 2 is 1.79 bits per heavy atom. The number of nitrogens with zero attached hydrogens (tertiary/aromatic N) is 2. The molecule has 1 aliphatic carbocycles. The number of hydrogen-bond acceptors (Lipinski definition) is 2. The average molecular weight is 375 g/mol. The summed E-state index contributed by atoms with van der Waals surface area (Å²) >= 11 is 0. The van der Waals surface area contributed by atoms with Gasteiger partial charge in [-0.2, -0.15) is 9.37 Å². The van der Waals surface area contributed by atoms with Gasteiger partial charge in [-0.3, -0.25) is 0 Å². The number of fused-ring (bicyclic) bond motifs is 1. The monoisotopic (exact) mass is 375 g/mol. The molecule has 0 saturated heterocycles. The zero-order valence-corrected chi connectivity index (χ0v) is 15.5. The fraction of sp³-hybridized carbons (Fsp3) is 0.174. The van der Waals surface area contributed by atoms with Crippen molar-refractivity contribution in [3.63, 3.8) is 0 Å². The van der Waals surface area contributed by atoms with Crippen LogP contribution in [0.3, 0.4) is 0 Å². The van der Waals surface area contributed by atoms with Gasteiger partial charge in [-0.1, -0.05) is 55.5 Å². The predicted octanol–water partition coefficient (Wildman–Crippen LogP) is 4.25. The van der Waals surface area contributed by atoms with Crippen LogP contribution in [0.5, 0.6) is 0 Å². The number of urea groups is 1. The van der Waals surface area contributed by atoms with E-state index in [1.54, 1.807) is 54.6 Å². The highest BCUT2D eigenvalue weighted by atomic mass is 19.1. The van der Waals surface area contributed by atoms with Crippen LogP contribution in [-0.2, 0) is 17.8 Å². The smallest absolute Gasteiger partial charge is 0.245 e. The Kier molecular flexibility index (Phi) is 4.74. The maximum Gasteiger partial charge on any atom is 0.506 e. The van der Waals surface area contributed by atoms with Gasteiger partial charge in [-0.25, -0.2) is 9.18 Å². The van der Waals surface area contributed by atoms with E-state index in [0.717, 1.165) is 12.0 Å². The van der Waals surface area contributed by atoms with E-state index in [4.69, 9.17) is 0 Å². The Morgan fingerprint density at radius 3 is 2.50 bits per heavy atom. The second kappa shape index (κ2) is 7.35. The number of rotatable bonds is 4. The molecule has 1 heterocycles. The molecular formula is C23H20FN2O2+. The average Bonchev–Trinajstić information content (AvgIpc) is 2.73. The molecule has 0 spiro atoms. The lowest BCUT2D eigenvalue weighted by atomic mass is 9.94. The van der Waals surface area contributed by atoms with Crippen molar-refractivity contribution in [3.8, 4) is 0 Å². The summed E-state index contributed by atoms with van der Waals surface area (Å²) in [5.74, 6) is -1.24. The molecule has 0 N–H and O–H groups in total. The standard InChI is InChI=1S/C23H20FN2O2/c1-2-16-11-13-18(14-12-16)26-22(27)19-8-4-6-10-21(19)25(23(26)28)15-17-7-3-5-9-20(17)24/h3-14,19H,2,15H2,1H3/q+1. The van der Waals surface area contributed by atoms with E-state index in [2.05, 4.69) is 0 Å². The van der Waals surface area contributed by atoms with Crippen LogP contribution in [0.25, 0.3) is 0 Å². The maximum absolute atomic E-state index is 14.2. The highest BCUT2D eigenvalue weighted by molar-refractivity contribution is 6.25. The lowest BCUT2D eigenvalue weighted by Gasteiger charge is -2.26. The Hall–Kier alpha value is -3.34. The summed E-state index contributed by atoms with van der Waals surface area (Å²) in [5, 5.41) is 0. The van der Waals surface area contributed by atoms with Crippen molar-refractivity contribution in [1.82, 2.24) is 0 Å². The molecule has 2 aromatic carbocycles. The molecule has 5 heteroatoms. The van der Waals surface area contributed by atoms with E-state index >= 15 is 0 Å². The highest BCUT2D eigenvalue weighted by Gasteiger charge is 2.47. The minimum Gasteiger partial charge on any atom is -0.245 e. The lowest BCUT2D eigenvalue weighted by molar-refractivity contribution is -0.446. The van der Waals surface area contributed by atoms with Gasteiger partial charge in [0, 0.05) is 5.56 Å². The highest BCUT2D eigenvalue weighted by Crippen LogP contribution is 2.27. The summed E-state index contributed by atoms with van der Waals surface area (Å²) in [6.45, 7) is 2.11. The number of aryl methyl sites for hydroxylation is 1. The molecule has 2 aliphatic rings. The van der Waals surface area contributed by atoms with Gasteiger partial charge >= 0.3 is 11.9 Å². The molecule has 0 aromatic heterocycles. The number of imide groups is 1. The minimum absolute atomic E-state index is 0.0618. The number of anilines is 1. The van der Waals surface area contributed by atoms with Crippen molar-refractivity contribution < 1.29 is 18.6 Å². The molecule has 1 aliphatic heterocycles. The number of halogens is 1. The number of carbonyl (C=O) groups is 2. The van der Waals surface area contributed by atoms with Crippen LogP contribution in [0.15, 0.2) is 72.8 Å². The van der Waals surface area contributed by atoms with Crippen LogP contribution in [0.1, 0.15) is 18.1 Å². The van der Waals surface area contributed by atoms with E-state index < -0.39 is 11.9 Å². The summed E-state index contributed by atoms with van der Waals surface area (Å²) in [4.78, 5) is 27.6. The first kappa shape index (κ1) is 18.0. The second-order valence-electron chi connectivity index (χ2n) is 6.80. The Bertz CT molecular complexity index is 1030. The molecular weight excluding hydrogens is 355 g/mol. The van der Waals surface area contributed by atoms with Crippen molar-refractivity contribution in [3.05, 3.63) is 89.8 Å². The van der Waals surface area contributed by atoms with Gasteiger partial charge in [0.1, 0.15) is 29.7 Å². The number of carbonyl (C=O) groups excluding carboxylic acids is 2. The zero-order chi connectivity index (χ0) is 19.7. The Balaban J connectivity index is 1.79. The van der Waals surface area contributed by atoms with Crippen molar-refractivity contribution in [2.75, 3.05) is 4.90 Å². The summed E-state index contributed by atoms with van der Waals surface area (Å²) in [5.41, 5.74) is 2.62. The van der Waals surface area contributed by atoms with Crippen LogP contribution in [0, 0.1) is 11.7 Å². The van der Waals surface area contributed by atoms with Gasteiger partial charge < -0.3 is 0 Å². The molecule has 4 rings (SSSR count). The van der Waals surface area contributed by atoms with Gasteiger partial charge in [0.15, 0.2) is 0 Å². The first-order valence-corrected chi connectivity index (χ1v) is 9.29. The minimum atomic E-state index is -0.569. The molecule has 140 valence electrons. The van der Waals surface area contributed by atoms with Crippen LogP contribution in [-0.4, -0.2) is 22.2 Å². The van der Waals surface area contributed by atoms with Crippen LogP contribution in [0.2, 0.25) is 0 Å². The molecule has 0 bridgehead atoms. The summed E-state index contributed by atoms with van der Waals surface area (Å²) in [6, 6.07) is 13.3. The number of allylic oxidation sites excluding steroid dienone is 3. The van der Waals surface area contributed by atoms with Gasteiger partial charge in [0.25, 0.3) is 0 Å². The molecule has 1 atom stereocenters. The van der Waals surface area contributed by atoms with E-state index in [1.807, 2.05) is 19.1 Å². The molecule has 28 heavy (non-hydrogen) atoms. The zero-order valence-electron chi connectivity index (χ0n) is 15.5. The van der Waals surface area contributed by atoms with Crippen LogP contribution in [0.4, 0.5) is 14.9 Å². The number of benzene rings is 2. The lowest BCUT2D eigenvalue weighted by Crippen LogP contribution is -2.54. The summed E-state index contributed by atoms with van der Waals surface area (Å²) in [7, 11) is 0. The van der Waals surface area contributed by atoms with Gasteiger partial charge in [-0.15, -0.1) is 4.90 Å². The summed E-state index contributed by atoms with van der Waals surface area (Å²) in [6.07, 6.45) is 7.97. The van der Waals surface area contributed by atoms with Crippen molar-refractivity contribution >= 4 is 23.3 Å². The maximum atomic E-state index is 14.2. The molecule has 2 aromatic rings. The third-order valence-electron chi connectivity index (χ3n) is 5.11. The molecule has 0 fully saturated rings. The SMILES string of the molecule is CCc1ccc(N2C(=O)C3C=CC=CC3=[N+](Cc3ccccc3F)C2=O)cc1. The quantitative estimate of drug-likeness (QED) is 0.750. The molecule has 0 radical (unpaired) electrons. The van der Waals surface area contributed by atoms with E-state index in [0.29, 0.717) is 17.0 Å². The number of amides is 3.